The molecular weight excluding hydrogens is 250 g/mol. The molecule has 0 aliphatic rings. The van der Waals surface area contributed by atoms with Crippen LogP contribution in [-0.2, 0) is 0 Å². The van der Waals surface area contributed by atoms with Gasteiger partial charge >= 0.3 is 0 Å². The summed E-state index contributed by atoms with van der Waals surface area (Å²) in [7, 11) is 0. The summed E-state index contributed by atoms with van der Waals surface area (Å²) >= 11 is 8.13. The van der Waals surface area contributed by atoms with Crippen molar-refractivity contribution >= 4 is 38.5 Å². The Hall–Kier alpha value is 0.977. The van der Waals surface area contributed by atoms with E-state index in [1.54, 1.807) is 0 Å². The molecule has 8 heavy (non-hydrogen) atoms. The molecule has 3 heteroatoms. The van der Waals surface area contributed by atoms with Gasteiger partial charge in [0.05, 0.1) is 0 Å². The van der Waals surface area contributed by atoms with Gasteiger partial charge in [-0.3, -0.25) is 0 Å². The SMILES string of the molecule is C=C(CCC)[SiH](Cl)I. The van der Waals surface area contributed by atoms with E-state index in [0.29, 0.717) is 0 Å². The zero-order valence-corrected chi connectivity index (χ0v) is 9.02. The molecular formula is C5H10ClISi. The van der Waals surface area contributed by atoms with Crippen molar-refractivity contribution in [3.8, 4) is 0 Å². The van der Waals surface area contributed by atoms with E-state index in [1.807, 2.05) is 0 Å². The Labute approximate surface area is 69.8 Å². The van der Waals surface area contributed by atoms with Gasteiger partial charge in [-0.25, -0.2) is 0 Å². The van der Waals surface area contributed by atoms with Gasteiger partial charge in [0.2, 0.25) is 5.60 Å². The van der Waals surface area contributed by atoms with Gasteiger partial charge in [0, 0.05) is 0 Å². The fourth-order valence-corrected chi connectivity index (χ4v) is 2.20. The van der Waals surface area contributed by atoms with Gasteiger partial charge in [0.25, 0.3) is 0 Å². The molecule has 1 atom stereocenters. The molecule has 0 aliphatic heterocycles. The van der Waals surface area contributed by atoms with Crippen LogP contribution in [0.2, 0.25) is 0 Å². The molecule has 0 heterocycles. The van der Waals surface area contributed by atoms with E-state index in [-0.39, 0.29) is 0 Å². The molecule has 0 radical (unpaired) electrons. The minimum atomic E-state index is -1.03. The second kappa shape index (κ2) is 4.82. The van der Waals surface area contributed by atoms with Gasteiger partial charge < -0.3 is 0 Å². The highest BCUT2D eigenvalue weighted by Gasteiger charge is 2.03. The molecule has 0 aromatic rings. The zero-order valence-electron chi connectivity index (χ0n) is 4.95. The fraction of sp³-hybridized carbons (Fsp3) is 0.600. The third kappa shape index (κ3) is 3.92. The third-order valence-corrected chi connectivity index (χ3v) is 5.35. The van der Waals surface area contributed by atoms with E-state index >= 15 is 0 Å². The summed E-state index contributed by atoms with van der Waals surface area (Å²) in [5.74, 6) is 0. The van der Waals surface area contributed by atoms with Crippen molar-refractivity contribution in [1.82, 2.24) is 0 Å². The van der Waals surface area contributed by atoms with E-state index < -0.39 is 5.60 Å². The summed E-state index contributed by atoms with van der Waals surface area (Å²) in [6, 6.07) is 0. The van der Waals surface area contributed by atoms with E-state index in [2.05, 4.69) is 35.3 Å². The number of halogens is 2. The molecule has 0 aliphatic carbocycles. The Morgan fingerprint density at radius 1 is 1.88 bits per heavy atom. The summed E-state index contributed by atoms with van der Waals surface area (Å²) < 4.78 is 0. The molecule has 0 aromatic heterocycles. The number of rotatable bonds is 3. The predicted molar refractivity (Wildman–Crippen MR) is 51.1 cm³/mol. The molecule has 0 nitrogen and oxygen atoms in total. The highest BCUT2D eigenvalue weighted by atomic mass is 127. The highest BCUT2D eigenvalue weighted by molar-refractivity contribution is 14.1. The normalized spacial score (nSPS) is 13.4. The summed E-state index contributed by atoms with van der Waals surface area (Å²) in [4.78, 5) is 0. The maximum atomic E-state index is 5.83. The number of hydrogen-bond acceptors (Lipinski definition) is 0. The Morgan fingerprint density at radius 3 is 2.50 bits per heavy atom. The van der Waals surface area contributed by atoms with E-state index in [1.165, 1.54) is 11.6 Å². The average Bonchev–Trinajstić information content (AvgIpc) is 1.67. The van der Waals surface area contributed by atoms with Crippen LogP contribution in [0.15, 0.2) is 11.8 Å². The molecule has 0 amide bonds. The lowest BCUT2D eigenvalue weighted by molar-refractivity contribution is 0.946. The third-order valence-electron chi connectivity index (χ3n) is 0.880. The summed E-state index contributed by atoms with van der Waals surface area (Å²) in [6.07, 6.45) is 2.29. The maximum absolute atomic E-state index is 5.83. The van der Waals surface area contributed by atoms with Crippen LogP contribution >= 0.6 is 32.9 Å². The Bertz CT molecular complexity index is 82.5. The van der Waals surface area contributed by atoms with Gasteiger partial charge in [-0.05, 0) is 6.42 Å². The zero-order chi connectivity index (χ0) is 6.57. The minimum Gasteiger partial charge on any atom is -0.152 e. The van der Waals surface area contributed by atoms with Crippen molar-refractivity contribution < 1.29 is 0 Å². The Morgan fingerprint density at radius 2 is 2.38 bits per heavy atom. The second-order valence-corrected chi connectivity index (χ2v) is 10.4. The van der Waals surface area contributed by atoms with E-state index in [0.717, 1.165) is 6.42 Å². The van der Waals surface area contributed by atoms with Crippen molar-refractivity contribution in [2.75, 3.05) is 0 Å². The van der Waals surface area contributed by atoms with Crippen molar-refractivity contribution in [2.45, 2.75) is 19.8 Å². The van der Waals surface area contributed by atoms with E-state index in [4.69, 9.17) is 11.1 Å². The van der Waals surface area contributed by atoms with Crippen LogP contribution in [-0.4, -0.2) is 5.60 Å². The summed E-state index contributed by atoms with van der Waals surface area (Å²) in [6.45, 7) is 6.01. The second-order valence-electron chi connectivity index (χ2n) is 1.71. The Balaban J connectivity index is 3.33. The lowest BCUT2D eigenvalue weighted by Crippen LogP contribution is -1.95. The molecule has 0 N–H and O–H groups in total. The van der Waals surface area contributed by atoms with Crippen molar-refractivity contribution in [3.63, 3.8) is 0 Å². The molecule has 0 saturated heterocycles. The maximum Gasteiger partial charge on any atom is 0.232 e. The number of allylic oxidation sites excluding steroid dienone is 1. The van der Waals surface area contributed by atoms with Crippen molar-refractivity contribution in [3.05, 3.63) is 11.8 Å². The van der Waals surface area contributed by atoms with E-state index in [9.17, 15) is 0 Å². The Kier molecular flexibility index (Phi) is 5.41. The van der Waals surface area contributed by atoms with Gasteiger partial charge in [-0.1, -0.05) is 40.3 Å². The quantitative estimate of drug-likeness (QED) is 0.416. The van der Waals surface area contributed by atoms with Crippen LogP contribution in [0.25, 0.3) is 0 Å². The molecule has 48 valence electrons. The molecule has 0 spiro atoms. The van der Waals surface area contributed by atoms with Gasteiger partial charge in [-0.2, -0.15) is 11.1 Å². The van der Waals surface area contributed by atoms with Crippen molar-refractivity contribution in [2.24, 2.45) is 0 Å². The first kappa shape index (κ1) is 8.98. The number of hydrogen-bond donors (Lipinski definition) is 0. The van der Waals surface area contributed by atoms with Crippen LogP contribution in [0.3, 0.4) is 0 Å². The van der Waals surface area contributed by atoms with Crippen LogP contribution < -0.4 is 0 Å². The first-order chi connectivity index (χ1) is 3.68. The van der Waals surface area contributed by atoms with Crippen LogP contribution in [0.4, 0.5) is 0 Å². The first-order valence-corrected chi connectivity index (χ1v) is 9.14. The first-order valence-electron chi connectivity index (χ1n) is 2.64. The van der Waals surface area contributed by atoms with Crippen LogP contribution in [0.5, 0.6) is 0 Å². The minimum absolute atomic E-state index is 1.03. The molecule has 0 rings (SSSR count). The molecule has 1 unspecified atom stereocenters. The fourth-order valence-electron chi connectivity index (χ4n) is 0.430. The highest BCUT2D eigenvalue weighted by Crippen LogP contribution is 2.14. The molecule has 0 bridgehead atoms. The van der Waals surface area contributed by atoms with Crippen molar-refractivity contribution in [1.29, 1.82) is 0 Å². The van der Waals surface area contributed by atoms with Gasteiger partial charge in [-0.15, -0.1) is 6.58 Å². The monoisotopic (exact) mass is 260 g/mol. The standard InChI is InChI=1S/C5H10ClISi/c1-3-4-5(2)8(6)7/h8H,2-4H2,1H3. The smallest absolute Gasteiger partial charge is 0.152 e. The summed E-state index contributed by atoms with van der Waals surface area (Å²) in [5.41, 5.74) is -1.03. The largest absolute Gasteiger partial charge is 0.232 e. The molecule has 0 saturated carbocycles. The molecule has 0 aromatic carbocycles. The predicted octanol–water partition coefficient (Wildman–Crippen LogP) is 2.78. The summed E-state index contributed by atoms with van der Waals surface area (Å²) in [5, 5.41) is 1.27. The van der Waals surface area contributed by atoms with Gasteiger partial charge in [0.1, 0.15) is 0 Å². The van der Waals surface area contributed by atoms with Crippen LogP contribution in [0, 0.1) is 0 Å². The lowest BCUT2D eigenvalue weighted by Gasteiger charge is -1.99. The topological polar surface area (TPSA) is 0 Å². The van der Waals surface area contributed by atoms with Crippen LogP contribution in [0.1, 0.15) is 19.8 Å². The van der Waals surface area contributed by atoms with Gasteiger partial charge in [0.15, 0.2) is 0 Å². The lowest BCUT2D eigenvalue weighted by atomic mass is 10.3. The molecule has 0 fully saturated rings. The average molecular weight is 261 g/mol.